The zero-order chi connectivity index (χ0) is 20.0. The van der Waals surface area contributed by atoms with Crippen LogP contribution in [0.5, 0.6) is 0 Å². The summed E-state index contributed by atoms with van der Waals surface area (Å²) >= 11 is 0. The van der Waals surface area contributed by atoms with Crippen molar-refractivity contribution in [2.75, 3.05) is 18.4 Å². The molecule has 150 valence electrons. The van der Waals surface area contributed by atoms with Gasteiger partial charge < -0.3 is 15.0 Å². The van der Waals surface area contributed by atoms with Gasteiger partial charge in [-0.3, -0.25) is 0 Å². The van der Waals surface area contributed by atoms with Crippen molar-refractivity contribution >= 4 is 11.8 Å². The van der Waals surface area contributed by atoms with Crippen LogP contribution in [0.2, 0.25) is 0 Å². The van der Waals surface area contributed by atoms with Gasteiger partial charge in [-0.1, -0.05) is 42.5 Å². The lowest BCUT2D eigenvalue weighted by atomic mass is 10.0. The molecular formula is C24H32N2O2. The van der Waals surface area contributed by atoms with Gasteiger partial charge in [0, 0.05) is 24.8 Å². The summed E-state index contributed by atoms with van der Waals surface area (Å²) < 4.78 is 5.51. The van der Waals surface area contributed by atoms with E-state index in [-0.39, 0.29) is 6.09 Å². The fraction of sp³-hybridized carbons (Fsp3) is 0.458. The predicted molar refractivity (Wildman–Crippen MR) is 115 cm³/mol. The van der Waals surface area contributed by atoms with E-state index in [4.69, 9.17) is 4.74 Å². The SMILES string of the molecule is CC(C)(C)OC(=O)N1CCCC(Nc2ccc(Cc3ccccc3)cc2)CC1. The molecule has 1 aliphatic heterocycles. The molecule has 1 fully saturated rings. The van der Waals surface area contributed by atoms with E-state index in [0.29, 0.717) is 6.04 Å². The minimum absolute atomic E-state index is 0.196. The van der Waals surface area contributed by atoms with Gasteiger partial charge in [-0.2, -0.15) is 0 Å². The van der Waals surface area contributed by atoms with Gasteiger partial charge in [0.05, 0.1) is 0 Å². The van der Waals surface area contributed by atoms with Crippen molar-refractivity contribution in [1.29, 1.82) is 0 Å². The Labute approximate surface area is 168 Å². The van der Waals surface area contributed by atoms with E-state index in [9.17, 15) is 4.79 Å². The number of benzene rings is 2. The molecule has 0 aromatic heterocycles. The quantitative estimate of drug-likeness (QED) is 0.764. The maximum Gasteiger partial charge on any atom is 0.410 e. The highest BCUT2D eigenvalue weighted by Crippen LogP contribution is 2.20. The Morgan fingerprint density at radius 3 is 2.36 bits per heavy atom. The van der Waals surface area contributed by atoms with E-state index in [1.54, 1.807) is 0 Å². The summed E-state index contributed by atoms with van der Waals surface area (Å²) in [5.41, 5.74) is 3.35. The number of hydrogen-bond donors (Lipinski definition) is 1. The summed E-state index contributed by atoms with van der Waals surface area (Å²) in [5.74, 6) is 0. The number of nitrogens with one attached hydrogen (secondary N) is 1. The first-order valence-corrected chi connectivity index (χ1v) is 10.3. The smallest absolute Gasteiger partial charge is 0.410 e. The highest BCUT2D eigenvalue weighted by Gasteiger charge is 2.25. The minimum Gasteiger partial charge on any atom is -0.444 e. The van der Waals surface area contributed by atoms with E-state index in [2.05, 4.69) is 53.8 Å². The summed E-state index contributed by atoms with van der Waals surface area (Å²) in [5, 5.41) is 3.64. The topological polar surface area (TPSA) is 41.6 Å². The first kappa shape index (κ1) is 20.2. The number of amides is 1. The molecular weight excluding hydrogens is 348 g/mol. The Morgan fingerprint density at radius 1 is 1.00 bits per heavy atom. The van der Waals surface area contributed by atoms with Crippen LogP contribution in [0.3, 0.4) is 0 Å². The van der Waals surface area contributed by atoms with Crippen molar-refractivity contribution in [2.24, 2.45) is 0 Å². The Balaban J connectivity index is 1.51. The first-order chi connectivity index (χ1) is 13.4. The number of rotatable bonds is 4. The van der Waals surface area contributed by atoms with Gasteiger partial charge in [0.1, 0.15) is 5.60 Å². The number of likely N-dealkylation sites (tertiary alicyclic amines) is 1. The summed E-state index contributed by atoms with van der Waals surface area (Å²) in [7, 11) is 0. The molecule has 1 saturated heterocycles. The molecule has 2 aromatic rings. The molecule has 4 heteroatoms. The molecule has 0 spiro atoms. The zero-order valence-electron chi connectivity index (χ0n) is 17.3. The zero-order valence-corrected chi connectivity index (χ0v) is 17.3. The van der Waals surface area contributed by atoms with Crippen LogP contribution in [0, 0.1) is 0 Å². The van der Waals surface area contributed by atoms with Gasteiger partial charge in [0.15, 0.2) is 0 Å². The van der Waals surface area contributed by atoms with Gasteiger partial charge in [0.2, 0.25) is 0 Å². The molecule has 4 nitrogen and oxygen atoms in total. The molecule has 2 aromatic carbocycles. The van der Waals surface area contributed by atoms with Crippen LogP contribution in [-0.4, -0.2) is 35.7 Å². The molecule has 0 bridgehead atoms. The van der Waals surface area contributed by atoms with Gasteiger partial charge in [-0.25, -0.2) is 4.79 Å². The van der Waals surface area contributed by atoms with Gasteiger partial charge in [0.25, 0.3) is 0 Å². The van der Waals surface area contributed by atoms with Crippen LogP contribution >= 0.6 is 0 Å². The predicted octanol–water partition coefficient (Wildman–Crippen LogP) is 5.48. The molecule has 1 heterocycles. The minimum atomic E-state index is -0.442. The Hall–Kier alpha value is -2.49. The van der Waals surface area contributed by atoms with Crippen molar-refractivity contribution in [1.82, 2.24) is 4.90 Å². The standard InChI is InChI=1S/C24H32N2O2/c1-24(2,3)28-23(27)26-16-7-10-21(15-17-26)25-22-13-11-20(12-14-22)18-19-8-5-4-6-9-19/h4-6,8-9,11-14,21,25H,7,10,15-18H2,1-3H3. The average molecular weight is 381 g/mol. The third-order valence-electron chi connectivity index (χ3n) is 4.96. The van der Waals surface area contributed by atoms with E-state index in [0.717, 1.165) is 44.5 Å². The third-order valence-corrected chi connectivity index (χ3v) is 4.96. The average Bonchev–Trinajstić information content (AvgIpc) is 2.89. The maximum absolute atomic E-state index is 12.3. The highest BCUT2D eigenvalue weighted by atomic mass is 16.6. The third kappa shape index (κ3) is 6.29. The molecule has 3 rings (SSSR count). The van der Waals surface area contributed by atoms with Crippen LogP contribution in [0.15, 0.2) is 54.6 Å². The molecule has 1 amide bonds. The fourth-order valence-corrected chi connectivity index (χ4v) is 3.54. The number of nitrogens with zero attached hydrogens (tertiary/aromatic N) is 1. The maximum atomic E-state index is 12.3. The first-order valence-electron chi connectivity index (χ1n) is 10.3. The van der Waals surface area contributed by atoms with Gasteiger partial charge >= 0.3 is 6.09 Å². The van der Waals surface area contributed by atoms with E-state index in [1.165, 1.54) is 11.1 Å². The second-order valence-corrected chi connectivity index (χ2v) is 8.60. The van der Waals surface area contributed by atoms with Crippen molar-refractivity contribution in [3.8, 4) is 0 Å². The van der Waals surface area contributed by atoms with Gasteiger partial charge in [-0.15, -0.1) is 0 Å². The lowest BCUT2D eigenvalue weighted by Crippen LogP contribution is -2.37. The number of anilines is 1. The van der Waals surface area contributed by atoms with Crippen molar-refractivity contribution in [2.45, 2.75) is 58.1 Å². The summed E-state index contributed by atoms with van der Waals surface area (Å²) in [6.07, 6.45) is 3.74. The monoisotopic (exact) mass is 380 g/mol. The van der Waals surface area contributed by atoms with E-state index in [1.807, 2.05) is 31.7 Å². The van der Waals surface area contributed by atoms with Crippen LogP contribution in [-0.2, 0) is 11.2 Å². The Bertz CT molecular complexity index is 750. The van der Waals surface area contributed by atoms with Crippen LogP contribution in [0.1, 0.15) is 51.2 Å². The van der Waals surface area contributed by atoms with E-state index < -0.39 is 5.60 Å². The van der Waals surface area contributed by atoms with Crippen molar-refractivity contribution in [3.63, 3.8) is 0 Å². The number of ether oxygens (including phenoxy) is 1. The highest BCUT2D eigenvalue weighted by molar-refractivity contribution is 5.68. The second kappa shape index (κ2) is 9.13. The molecule has 1 unspecified atom stereocenters. The van der Waals surface area contributed by atoms with E-state index >= 15 is 0 Å². The molecule has 0 aliphatic carbocycles. The Kier molecular flexibility index (Phi) is 6.61. The van der Waals surface area contributed by atoms with Gasteiger partial charge in [-0.05, 0) is 69.7 Å². The fourth-order valence-electron chi connectivity index (χ4n) is 3.54. The summed E-state index contributed by atoms with van der Waals surface area (Å²) in [6, 6.07) is 19.6. The molecule has 1 N–H and O–H groups in total. The van der Waals surface area contributed by atoms with Crippen LogP contribution in [0.25, 0.3) is 0 Å². The number of carbonyl (C=O) groups excluding carboxylic acids is 1. The second-order valence-electron chi connectivity index (χ2n) is 8.60. The molecule has 28 heavy (non-hydrogen) atoms. The summed E-state index contributed by atoms with van der Waals surface area (Å²) in [6.45, 7) is 7.24. The molecule has 0 saturated carbocycles. The lowest BCUT2D eigenvalue weighted by Gasteiger charge is -2.26. The molecule has 0 radical (unpaired) electrons. The number of carbonyl (C=O) groups is 1. The molecule has 1 atom stereocenters. The normalized spacial score (nSPS) is 17.7. The van der Waals surface area contributed by atoms with Crippen molar-refractivity contribution < 1.29 is 9.53 Å². The van der Waals surface area contributed by atoms with Crippen LogP contribution in [0.4, 0.5) is 10.5 Å². The Morgan fingerprint density at radius 2 is 1.68 bits per heavy atom. The number of hydrogen-bond acceptors (Lipinski definition) is 3. The molecule has 1 aliphatic rings. The summed E-state index contributed by atoms with van der Waals surface area (Å²) in [4.78, 5) is 14.1. The lowest BCUT2D eigenvalue weighted by molar-refractivity contribution is 0.0256. The largest absolute Gasteiger partial charge is 0.444 e. The van der Waals surface area contributed by atoms with Crippen LogP contribution < -0.4 is 5.32 Å². The van der Waals surface area contributed by atoms with Crippen molar-refractivity contribution in [3.05, 3.63) is 65.7 Å².